The smallest absolute Gasteiger partial charge is 0.274 e. The fourth-order valence-electron chi connectivity index (χ4n) is 9.27. The second kappa shape index (κ2) is 20.2. The molecule has 346 valence electrons. The standard InChI is InChI=1S/C54H58N12O2/c1-7-17-33-34(18-8-2)46-59-45(33)60-47-35(19-9-3)37(21-11-5)49(62-47)64-51-43(57-53(67)41-29-27-31-23-13-15-25-39(31)55-41)44(58-54(68)42-30-28-32-24-14-16-26-40(32)56-42)52(66-51)65-50-38(22-12-6)36(20-10-4)48(61-46)63-50/h13-16,23-30H,7-12,17-22H2,1-6H3,(H,57,67)(H,58,68)(H2,59,60,61,62,63,64,65,66). The highest BCUT2D eigenvalue weighted by molar-refractivity contribution is 6.08. The Kier molecular flexibility index (Phi) is 13.5. The van der Waals surface area contributed by atoms with Gasteiger partial charge in [0.15, 0.2) is 23.3 Å². The van der Waals surface area contributed by atoms with E-state index in [0.29, 0.717) is 58.1 Å². The van der Waals surface area contributed by atoms with E-state index in [1.165, 1.54) is 0 Å². The van der Waals surface area contributed by atoms with E-state index in [1.807, 2.05) is 60.7 Å². The third-order valence-corrected chi connectivity index (χ3v) is 12.4. The monoisotopic (exact) mass is 906 g/mol. The van der Waals surface area contributed by atoms with Crippen molar-refractivity contribution in [2.24, 2.45) is 0 Å². The van der Waals surface area contributed by atoms with Crippen LogP contribution in [0.25, 0.3) is 66.9 Å². The number of allylic oxidation sites excluding steroid dienone is 2. The van der Waals surface area contributed by atoms with Gasteiger partial charge in [0.1, 0.15) is 45.4 Å². The molecule has 9 rings (SSSR count). The van der Waals surface area contributed by atoms with Crippen molar-refractivity contribution in [2.75, 3.05) is 0 Å². The van der Waals surface area contributed by atoms with Gasteiger partial charge in [-0.25, -0.2) is 39.9 Å². The molecule has 0 radical (unpaired) electrons. The number of rotatable bonds is 16. The number of carbonyl (C=O) groups is 2. The Labute approximate surface area is 395 Å². The van der Waals surface area contributed by atoms with Gasteiger partial charge in [-0.1, -0.05) is 129 Å². The molecule has 0 aliphatic carbocycles. The first-order valence-corrected chi connectivity index (χ1v) is 24.3. The summed E-state index contributed by atoms with van der Waals surface area (Å²) in [5.41, 5.74) is 10.8. The highest BCUT2D eigenvalue weighted by Gasteiger charge is 2.30. The number of amides is 2. The Morgan fingerprint density at radius 1 is 0.397 bits per heavy atom. The van der Waals surface area contributed by atoms with Crippen LogP contribution in [0.3, 0.4) is 0 Å². The van der Waals surface area contributed by atoms with E-state index in [2.05, 4.69) is 62.1 Å². The van der Waals surface area contributed by atoms with Gasteiger partial charge in [0.2, 0.25) is 0 Å². The van der Waals surface area contributed by atoms with Gasteiger partial charge in [0.25, 0.3) is 11.8 Å². The summed E-state index contributed by atoms with van der Waals surface area (Å²) in [7, 11) is 0. The summed E-state index contributed by atoms with van der Waals surface area (Å²) in [6.45, 7) is 13.0. The van der Waals surface area contributed by atoms with Gasteiger partial charge >= 0.3 is 0 Å². The predicted molar refractivity (Wildman–Crippen MR) is 270 cm³/mol. The lowest BCUT2D eigenvalue weighted by Gasteiger charge is -2.11. The number of benzene rings is 2. The summed E-state index contributed by atoms with van der Waals surface area (Å²) >= 11 is 0. The maximum Gasteiger partial charge on any atom is 0.274 e. The van der Waals surface area contributed by atoms with Gasteiger partial charge in [0, 0.05) is 44.2 Å². The summed E-state index contributed by atoms with van der Waals surface area (Å²) < 4.78 is 0. The number of fused-ring (bicyclic) bond motifs is 10. The quantitative estimate of drug-likeness (QED) is 0.0725. The summed E-state index contributed by atoms with van der Waals surface area (Å²) in [6, 6.07) is 22.3. The maximum atomic E-state index is 14.6. The van der Waals surface area contributed by atoms with Crippen molar-refractivity contribution in [1.29, 1.82) is 0 Å². The Morgan fingerprint density at radius 3 is 1.10 bits per heavy atom. The molecular formula is C54H58N12O2. The number of nitrogens with zero attached hydrogens (tertiary/aromatic N) is 8. The molecule has 4 N–H and O–H groups in total. The highest BCUT2D eigenvalue weighted by atomic mass is 16.2. The zero-order valence-electron chi connectivity index (χ0n) is 39.8. The molecule has 0 saturated carbocycles. The number of aryl methyl sites for hydroxylation is 4. The van der Waals surface area contributed by atoms with Crippen molar-refractivity contribution in [3.63, 3.8) is 0 Å². The van der Waals surface area contributed by atoms with Crippen LogP contribution in [0, 0.1) is 0 Å². The second-order valence-corrected chi connectivity index (χ2v) is 17.4. The van der Waals surface area contributed by atoms with Crippen LogP contribution in [0.1, 0.15) is 159 Å². The fraction of sp³-hybridized carbons (Fsp3) is 0.333. The van der Waals surface area contributed by atoms with Crippen LogP contribution >= 0.6 is 0 Å². The lowest BCUT2D eigenvalue weighted by atomic mass is 10.0. The molecule has 7 heterocycles. The topological polar surface area (TPSA) is 193 Å². The minimum absolute atomic E-state index is 0.146. The first-order valence-electron chi connectivity index (χ1n) is 24.3. The number of pyridine rings is 2. The lowest BCUT2D eigenvalue weighted by Crippen LogP contribution is -2.28. The molecule has 2 aliphatic heterocycles. The van der Waals surface area contributed by atoms with Crippen LogP contribution in [0.2, 0.25) is 0 Å². The van der Waals surface area contributed by atoms with Crippen LogP contribution in [0.5, 0.6) is 0 Å². The minimum atomic E-state index is -0.513. The van der Waals surface area contributed by atoms with Gasteiger partial charge in [-0.05, 0) is 62.8 Å². The molecule has 5 aromatic heterocycles. The van der Waals surface area contributed by atoms with Crippen molar-refractivity contribution in [2.45, 2.75) is 119 Å². The number of carbonyl (C=O) groups excluding carboxylic acids is 2. The molecule has 68 heavy (non-hydrogen) atoms. The molecule has 2 aliphatic rings. The van der Waals surface area contributed by atoms with Gasteiger partial charge in [-0.15, -0.1) is 0 Å². The van der Waals surface area contributed by atoms with E-state index < -0.39 is 11.8 Å². The molecule has 0 fully saturated rings. The molecule has 14 nitrogen and oxygen atoms in total. The van der Waals surface area contributed by atoms with Crippen LogP contribution in [0.15, 0.2) is 72.8 Å². The number of H-pyrrole nitrogens is 2. The minimum Gasteiger partial charge on any atom is -0.324 e. The Morgan fingerprint density at radius 2 is 0.735 bits per heavy atom. The third kappa shape index (κ3) is 9.02. The van der Waals surface area contributed by atoms with Crippen LogP contribution in [-0.2, 0) is 25.7 Å². The molecule has 0 unspecified atom stereocenters. The number of aromatic nitrogens is 10. The summed E-state index contributed by atoms with van der Waals surface area (Å²) in [4.78, 5) is 77.4. The van der Waals surface area contributed by atoms with E-state index in [1.54, 1.807) is 12.1 Å². The number of hydrogen-bond acceptors (Lipinski definition) is 10. The van der Waals surface area contributed by atoms with Crippen molar-refractivity contribution < 1.29 is 9.59 Å². The van der Waals surface area contributed by atoms with Crippen molar-refractivity contribution in [3.05, 3.63) is 130 Å². The fourth-order valence-corrected chi connectivity index (χ4v) is 9.27. The van der Waals surface area contributed by atoms with Gasteiger partial charge < -0.3 is 20.6 Å². The summed E-state index contributed by atoms with van der Waals surface area (Å²) in [6.07, 6.45) is 9.84. The van der Waals surface area contributed by atoms with Crippen molar-refractivity contribution in [1.82, 2.24) is 60.5 Å². The van der Waals surface area contributed by atoms with E-state index in [0.717, 1.165) is 108 Å². The van der Waals surface area contributed by atoms with Crippen molar-refractivity contribution >= 4 is 78.7 Å². The maximum absolute atomic E-state index is 14.6. The SMILES string of the molecule is CCCC1=C(CCC)c2nc1nc1[nH]c(nc3nc(nc4[nH]c(n2)c(CCC)c4CCC)C(NC(=O)c2ccc4ccccc4n2)=C3NC(=O)c2ccc3ccccc3n2)c(CCC)c1CCC. The Hall–Kier alpha value is -7.48. The second-order valence-electron chi connectivity index (χ2n) is 17.4. The van der Waals surface area contributed by atoms with Crippen LogP contribution in [-0.4, -0.2) is 61.7 Å². The largest absolute Gasteiger partial charge is 0.324 e. The highest BCUT2D eigenvalue weighted by Crippen LogP contribution is 2.36. The molecule has 14 heteroatoms. The van der Waals surface area contributed by atoms with Crippen molar-refractivity contribution in [3.8, 4) is 0 Å². The van der Waals surface area contributed by atoms with Crippen LogP contribution in [0.4, 0.5) is 0 Å². The van der Waals surface area contributed by atoms with Crippen LogP contribution < -0.4 is 10.6 Å². The number of hydrogen-bond donors (Lipinski definition) is 4. The molecule has 8 bridgehead atoms. The molecule has 7 aromatic rings. The number of para-hydroxylation sites is 2. The summed E-state index contributed by atoms with van der Waals surface area (Å²) in [5.74, 6) is 0.588. The summed E-state index contributed by atoms with van der Waals surface area (Å²) in [5, 5.41) is 8.00. The Bertz CT molecular complexity index is 3110. The molecule has 2 aromatic carbocycles. The van der Waals surface area contributed by atoms with E-state index >= 15 is 0 Å². The van der Waals surface area contributed by atoms with E-state index in [9.17, 15) is 9.59 Å². The van der Waals surface area contributed by atoms with Gasteiger partial charge in [0.05, 0.1) is 11.0 Å². The molecule has 0 spiro atoms. The molecule has 2 amide bonds. The third-order valence-electron chi connectivity index (χ3n) is 12.4. The van der Waals surface area contributed by atoms with Gasteiger partial charge in [-0.3, -0.25) is 9.59 Å². The average molecular weight is 907 g/mol. The lowest BCUT2D eigenvalue weighted by molar-refractivity contribution is 0.0957. The predicted octanol–water partition coefficient (Wildman–Crippen LogP) is 11.0. The Balaban J connectivity index is 1.37. The molecule has 0 atom stereocenters. The number of aromatic amines is 2. The zero-order chi connectivity index (χ0) is 47.3. The van der Waals surface area contributed by atoms with Gasteiger partial charge in [-0.2, -0.15) is 0 Å². The molecule has 0 saturated heterocycles. The van der Waals surface area contributed by atoms with E-state index in [4.69, 9.17) is 39.9 Å². The molecular weight excluding hydrogens is 849 g/mol. The first-order chi connectivity index (χ1) is 33.2. The first kappa shape index (κ1) is 45.7. The average Bonchev–Trinajstić information content (AvgIpc) is 4.04. The normalized spacial score (nSPS) is 12.7. The van der Waals surface area contributed by atoms with E-state index in [-0.39, 0.29) is 34.4 Å². The zero-order valence-corrected chi connectivity index (χ0v) is 39.8. The number of nitrogens with one attached hydrogen (secondary N) is 4.